The number of thioether (sulfide) groups is 1. The van der Waals surface area contributed by atoms with Crippen LogP contribution in [0.4, 0.5) is 5.69 Å². The first-order chi connectivity index (χ1) is 15.2. The molecular weight excluding hydrogens is 408 g/mol. The summed E-state index contributed by atoms with van der Waals surface area (Å²) in [5.74, 6) is 0.923. The van der Waals surface area contributed by atoms with Crippen molar-refractivity contribution in [3.8, 4) is 5.75 Å². The predicted molar refractivity (Wildman–Crippen MR) is 125 cm³/mol. The molecule has 0 unspecified atom stereocenters. The van der Waals surface area contributed by atoms with E-state index < -0.39 is 0 Å². The van der Waals surface area contributed by atoms with Gasteiger partial charge in [0, 0.05) is 11.1 Å². The van der Waals surface area contributed by atoms with Crippen molar-refractivity contribution in [3.63, 3.8) is 0 Å². The lowest BCUT2D eigenvalue weighted by Crippen LogP contribution is -2.14. The van der Waals surface area contributed by atoms with Gasteiger partial charge in [0.25, 0.3) is 0 Å². The fourth-order valence-electron chi connectivity index (χ4n) is 3.54. The molecule has 31 heavy (non-hydrogen) atoms. The Hall–Kier alpha value is -3.58. The molecule has 2 aromatic heterocycles. The number of fused-ring (bicyclic) bond motifs is 5. The first kappa shape index (κ1) is 19.4. The highest BCUT2D eigenvalue weighted by molar-refractivity contribution is 7.99. The van der Waals surface area contributed by atoms with Gasteiger partial charge in [-0.1, -0.05) is 36.0 Å². The second kappa shape index (κ2) is 8.28. The van der Waals surface area contributed by atoms with Crippen molar-refractivity contribution in [2.75, 3.05) is 17.7 Å². The third-order valence-electron chi connectivity index (χ3n) is 4.89. The van der Waals surface area contributed by atoms with Gasteiger partial charge in [0.1, 0.15) is 11.4 Å². The first-order valence-electron chi connectivity index (χ1n) is 10.0. The number of amides is 1. The second-order valence-electron chi connectivity index (χ2n) is 6.97. The smallest absolute Gasteiger partial charge is 0.234 e. The molecule has 5 rings (SSSR count). The molecule has 154 valence electrons. The molecule has 0 aliphatic heterocycles. The number of aromatic nitrogens is 3. The number of hydrogen-bond acceptors (Lipinski definition) is 5. The maximum Gasteiger partial charge on any atom is 0.234 e. The predicted octanol–water partition coefficient (Wildman–Crippen LogP) is 5.17. The van der Waals surface area contributed by atoms with E-state index in [9.17, 15) is 4.79 Å². The van der Waals surface area contributed by atoms with E-state index >= 15 is 0 Å². The molecular formula is C24H20N4O2S. The van der Waals surface area contributed by atoms with E-state index in [1.807, 2.05) is 84.1 Å². The van der Waals surface area contributed by atoms with Crippen molar-refractivity contribution < 1.29 is 9.53 Å². The molecule has 0 atom stereocenters. The topological polar surface area (TPSA) is 68.5 Å². The molecule has 0 aliphatic carbocycles. The van der Waals surface area contributed by atoms with E-state index in [4.69, 9.17) is 14.7 Å². The third kappa shape index (κ3) is 3.80. The molecule has 2 heterocycles. The lowest BCUT2D eigenvalue weighted by Gasteiger charge is -2.09. The van der Waals surface area contributed by atoms with Crippen LogP contribution in [0.2, 0.25) is 0 Å². The maximum absolute atomic E-state index is 12.6. The Morgan fingerprint density at radius 2 is 1.71 bits per heavy atom. The molecule has 0 aliphatic rings. The van der Waals surface area contributed by atoms with Crippen LogP contribution in [0.1, 0.15) is 6.92 Å². The summed E-state index contributed by atoms with van der Waals surface area (Å²) >= 11 is 1.40. The van der Waals surface area contributed by atoms with Crippen molar-refractivity contribution in [2.45, 2.75) is 12.1 Å². The van der Waals surface area contributed by atoms with Crippen molar-refractivity contribution in [3.05, 3.63) is 72.8 Å². The van der Waals surface area contributed by atoms with Crippen LogP contribution in [0.5, 0.6) is 5.75 Å². The van der Waals surface area contributed by atoms with Gasteiger partial charge in [0.2, 0.25) is 5.91 Å². The van der Waals surface area contributed by atoms with Crippen LogP contribution in [0.25, 0.3) is 27.6 Å². The van der Waals surface area contributed by atoms with Gasteiger partial charge in [0.05, 0.1) is 28.9 Å². The number of imidazole rings is 1. The molecule has 1 amide bonds. The maximum atomic E-state index is 12.6. The number of hydrogen-bond donors (Lipinski definition) is 1. The van der Waals surface area contributed by atoms with Crippen molar-refractivity contribution in [1.29, 1.82) is 0 Å². The van der Waals surface area contributed by atoms with Crippen LogP contribution in [0.3, 0.4) is 0 Å². The number of nitrogens with one attached hydrogen (secondary N) is 1. The van der Waals surface area contributed by atoms with Gasteiger partial charge in [-0.15, -0.1) is 0 Å². The molecule has 5 aromatic rings. The number of carbonyl (C=O) groups excluding carboxylic acids is 1. The molecule has 1 N–H and O–H groups in total. The van der Waals surface area contributed by atoms with E-state index in [1.165, 1.54) is 11.8 Å². The summed E-state index contributed by atoms with van der Waals surface area (Å²) in [4.78, 5) is 22.2. The van der Waals surface area contributed by atoms with Crippen LogP contribution < -0.4 is 10.1 Å². The summed E-state index contributed by atoms with van der Waals surface area (Å²) in [7, 11) is 0. The fourth-order valence-corrected chi connectivity index (χ4v) is 4.35. The zero-order valence-electron chi connectivity index (χ0n) is 16.9. The highest BCUT2D eigenvalue weighted by Crippen LogP contribution is 2.29. The lowest BCUT2D eigenvalue weighted by molar-refractivity contribution is -0.113. The van der Waals surface area contributed by atoms with Crippen LogP contribution in [-0.4, -0.2) is 32.6 Å². The average molecular weight is 429 g/mol. The fraction of sp³-hybridized carbons (Fsp3) is 0.125. The minimum atomic E-state index is -0.0957. The first-order valence-corrected chi connectivity index (χ1v) is 11.0. The molecule has 0 radical (unpaired) electrons. The standard InChI is InChI=1S/C24H20N4O2S/c1-2-30-17-13-11-16(12-14-17)25-22(29)15-31-24-27-19-8-4-3-7-18(19)23-26-20-9-5-6-10-21(20)28(23)24/h3-14H,2,15H2,1H3,(H,25,29). The number of rotatable bonds is 6. The third-order valence-corrected chi connectivity index (χ3v) is 5.83. The summed E-state index contributed by atoms with van der Waals surface area (Å²) in [5, 5.41) is 4.66. The molecule has 7 heteroatoms. The number of benzene rings is 3. The minimum absolute atomic E-state index is 0.0957. The van der Waals surface area contributed by atoms with E-state index in [-0.39, 0.29) is 11.7 Å². The van der Waals surface area contributed by atoms with Crippen molar-refractivity contribution in [1.82, 2.24) is 14.4 Å². The number of para-hydroxylation sites is 3. The number of anilines is 1. The Kier molecular flexibility index (Phi) is 5.18. The van der Waals surface area contributed by atoms with Gasteiger partial charge < -0.3 is 10.1 Å². The van der Waals surface area contributed by atoms with Crippen LogP contribution in [-0.2, 0) is 4.79 Å². The van der Waals surface area contributed by atoms with E-state index in [0.717, 1.165) is 44.2 Å². The molecule has 0 bridgehead atoms. The summed E-state index contributed by atoms with van der Waals surface area (Å²) < 4.78 is 7.48. The zero-order valence-corrected chi connectivity index (χ0v) is 17.7. The molecule has 0 spiro atoms. The Morgan fingerprint density at radius 1 is 0.968 bits per heavy atom. The summed E-state index contributed by atoms with van der Waals surface area (Å²) in [6.07, 6.45) is 0. The minimum Gasteiger partial charge on any atom is -0.494 e. The van der Waals surface area contributed by atoms with Gasteiger partial charge in [-0.25, -0.2) is 9.97 Å². The molecule has 0 saturated heterocycles. The van der Waals surface area contributed by atoms with Gasteiger partial charge in [0.15, 0.2) is 5.16 Å². The summed E-state index contributed by atoms with van der Waals surface area (Å²) in [6, 6.07) is 23.3. The largest absolute Gasteiger partial charge is 0.494 e. The monoisotopic (exact) mass is 428 g/mol. The highest BCUT2D eigenvalue weighted by atomic mass is 32.2. The summed E-state index contributed by atoms with van der Waals surface area (Å²) in [5.41, 5.74) is 4.33. The van der Waals surface area contributed by atoms with Crippen molar-refractivity contribution >= 4 is 50.9 Å². The van der Waals surface area contributed by atoms with E-state index in [0.29, 0.717) is 6.61 Å². The zero-order chi connectivity index (χ0) is 21.2. The molecule has 0 saturated carbocycles. The molecule has 3 aromatic carbocycles. The van der Waals surface area contributed by atoms with Gasteiger partial charge in [-0.2, -0.15) is 0 Å². The highest BCUT2D eigenvalue weighted by Gasteiger charge is 2.15. The van der Waals surface area contributed by atoms with E-state index in [1.54, 1.807) is 0 Å². The summed E-state index contributed by atoms with van der Waals surface area (Å²) in [6.45, 7) is 2.55. The van der Waals surface area contributed by atoms with Crippen molar-refractivity contribution in [2.24, 2.45) is 0 Å². The van der Waals surface area contributed by atoms with E-state index in [2.05, 4.69) is 5.32 Å². The number of carbonyl (C=O) groups is 1. The van der Waals surface area contributed by atoms with Gasteiger partial charge in [-0.05, 0) is 55.5 Å². The Morgan fingerprint density at radius 3 is 2.52 bits per heavy atom. The Balaban J connectivity index is 1.43. The molecule has 0 fully saturated rings. The Bertz CT molecular complexity index is 1400. The van der Waals surface area contributed by atoms with Crippen LogP contribution in [0, 0.1) is 0 Å². The lowest BCUT2D eigenvalue weighted by atomic mass is 10.2. The van der Waals surface area contributed by atoms with Crippen LogP contribution in [0.15, 0.2) is 78.0 Å². The second-order valence-corrected chi connectivity index (χ2v) is 7.91. The quantitative estimate of drug-likeness (QED) is 0.299. The number of nitrogens with zero attached hydrogens (tertiary/aromatic N) is 3. The van der Waals surface area contributed by atoms with Crippen LogP contribution >= 0.6 is 11.8 Å². The number of ether oxygens (including phenoxy) is 1. The van der Waals surface area contributed by atoms with Gasteiger partial charge >= 0.3 is 0 Å². The molecule has 6 nitrogen and oxygen atoms in total. The average Bonchev–Trinajstić information content (AvgIpc) is 3.19. The Labute approximate surface area is 183 Å². The normalized spacial score (nSPS) is 11.3. The SMILES string of the molecule is CCOc1ccc(NC(=O)CSc2nc3ccccc3c3nc4ccccc4n23)cc1. The van der Waals surface area contributed by atoms with Gasteiger partial charge in [-0.3, -0.25) is 9.20 Å².